The first-order valence-corrected chi connectivity index (χ1v) is 10.9. The van der Waals surface area contributed by atoms with E-state index in [1.54, 1.807) is 17.0 Å². The Balaban J connectivity index is 1.92. The van der Waals surface area contributed by atoms with E-state index >= 15 is 0 Å². The third-order valence-corrected chi connectivity index (χ3v) is 5.40. The van der Waals surface area contributed by atoms with Crippen LogP contribution in [-0.2, 0) is 29.0 Å². The molecular formula is C26H27ClN2O3. The van der Waals surface area contributed by atoms with Gasteiger partial charge in [0.1, 0.15) is 6.04 Å². The minimum absolute atomic E-state index is 0.134. The maximum Gasteiger partial charge on any atom is 0.243 e. The molecule has 3 rings (SSSR count). The van der Waals surface area contributed by atoms with Crippen LogP contribution in [0.3, 0.4) is 0 Å². The molecule has 0 aliphatic rings. The Morgan fingerprint density at radius 3 is 2.03 bits per heavy atom. The van der Waals surface area contributed by atoms with Crippen molar-refractivity contribution in [3.05, 3.63) is 107 Å². The van der Waals surface area contributed by atoms with Crippen LogP contribution in [0.5, 0.6) is 0 Å². The second-order valence-electron chi connectivity index (χ2n) is 7.53. The molecular weight excluding hydrogens is 424 g/mol. The lowest BCUT2D eigenvalue weighted by Gasteiger charge is -2.31. The fourth-order valence-corrected chi connectivity index (χ4v) is 3.64. The summed E-state index contributed by atoms with van der Waals surface area (Å²) in [5, 5.41) is 12.5. The molecule has 2 N–H and O–H groups in total. The molecule has 0 aliphatic carbocycles. The molecule has 0 fully saturated rings. The van der Waals surface area contributed by atoms with Crippen molar-refractivity contribution in [2.75, 3.05) is 13.2 Å². The predicted octanol–water partition coefficient (Wildman–Crippen LogP) is 3.63. The van der Waals surface area contributed by atoms with E-state index in [-0.39, 0.29) is 31.4 Å². The van der Waals surface area contributed by atoms with Gasteiger partial charge in [-0.15, -0.1) is 0 Å². The van der Waals surface area contributed by atoms with Gasteiger partial charge in [0.05, 0.1) is 13.0 Å². The Morgan fingerprint density at radius 2 is 1.44 bits per heavy atom. The summed E-state index contributed by atoms with van der Waals surface area (Å²) in [6, 6.07) is 25.7. The maximum atomic E-state index is 13.5. The van der Waals surface area contributed by atoms with Crippen molar-refractivity contribution < 1.29 is 14.7 Å². The molecule has 0 radical (unpaired) electrons. The highest BCUT2D eigenvalue weighted by Crippen LogP contribution is 2.17. The Bertz CT molecular complexity index is 995. The molecule has 0 saturated heterocycles. The number of carbonyl (C=O) groups is 2. The van der Waals surface area contributed by atoms with E-state index in [0.29, 0.717) is 18.0 Å². The highest BCUT2D eigenvalue weighted by Gasteiger charge is 2.30. The fraction of sp³-hybridized carbons (Fsp3) is 0.231. The zero-order valence-corrected chi connectivity index (χ0v) is 18.5. The quantitative estimate of drug-likeness (QED) is 0.495. The van der Waals surface area contributed by atoms with Crippen molar-refractivity contribution in [2.24, 2.45) is 0 Å². The first kappa shape index (κ1) is 23.5. The van der Waals surface area contributed by atoms with Crippen LogP contribution in [0.1, 0.15) is 16.7 Å². The van der Waals surface area contributed by atoms with Gasteiger partial charge in [-0.25, -0.2) is 0 Å². The van der Waals surface area contributed by atoms with Crippen LogP contribution in [0.2, 0.25) is 5.02 Å². The standard InChI is InChI=1S/C26H27ClN2O3/c27-23-13-11-21(12-14-23)18-25(31)29(19-22-9-5-2-6-10-22)24(26(32)28-15-16-30)17-20-7-3-1-4-8-20/h1-14,24,30H,15-19H2,(H,28,32)/t24-/m1/s1. The maximum absolute atomic E-state index is 13.5. The third-order valence-electron chi connectivity index (χ3n) is 5.15. The second-order valence-corrected chi connectivity index (χ2v) is 7.97. The van der Waals surface area contributed by atoms with Crippen LogP contribution in [0, 0.1) is 0 Å². The summed E-state index contributed by atoms with van der Waals surface area (Å²) in [6.07, 6.45) is 0.528. The van der Waals surface area contributed by atoms with Crippen molar-refractivity contribution in [1.82, 2.24) is 10.2 Å². The normalized spacial score (nSPS) is 11.6. The van der Waals surface area contributed by atoms with Crippen LogP contribution in [-0.4, -0.2) is 41.0 Å². The zero-order chi connectivity index (χ0) is 22.8. The zero-order valence-electron chi connectivity index (χ0n) is 17.8. The Labute approximate surface area is 193 Å². The number of hydrogen-bond acceptors (Lipinski definition) is 3. The van der Waals surface area contributed by atoms with E-state index in [4.69, 9.17) is 11.6 Å². The minimum atomic E-state index is -0.719. The second kappa shape index (κ2) is 12.0. The Morgan fingerprint density at radius 1 is 0.844 bits per heavy atom. The summed E-state index contributed by atoms with van der Waals surface area (Å²) in [4.78, 5) is 28.2. The van der Waals surface area contributed by atoms with E-state index in [1.807, 2.05) is 72.8 Å². The highest BCUT2D eigenvalue weighted by molar-refractivity contribution is 6.30. The van der Waals surface area contributed by atoms with Crippen molar-refractivity contribution in [2.45, 2.75) is 25.4 Å². The molecule has 0 heterocycles. The number of hydrogen-bond donors (Lipinski definition) is 2. The van der Waals surface area contributed by atoms with Crippen molar-refractivity contribution in [1.29, 1.82) is 0 Å². The highest BCUT2D eigenvalue weighted by atomic mass is 35.5. The number of benzene rings is 3. The van der Waals surface area contributed by atoms with Gasteiger partial charge in [0, 0.05) is 24.5 Å². The Hall–Kier alpha value is -3.15. The van der Waals surface area contributed by atoms with Crippen molar-refractivity contribution >= 4 is 23.4 Å². The summed E-state index contributed by atoms with van der Waals surface area (Å²) >= 11 is 5.98. The van der Waals surface area contributed by atoms with Gasteiger partial charge in [-0.3, -0.25) is 9.59 Å². The number of aliphatic hydroxyl groups excluding tert-OH is 1. The van der Waals surface area contributed by atoms with Crippen molar-refractivity contribution in [3.8, 4) is 0 Å². The van der Waals surface area contributed by atoms with Gasteiger partial charge in [-0.05, 0) is 28.8 Å². The summed E-state index contributed by atoms with van der Waals surface area (Å²) in [5.74, 6) is -0.445. The summed E-state index contributed by atoms with van der Waals surface area (Å²) in [6.45, 7) is 0.271. The van der Waals surface area contributed by atoms with Gasteiger partial charge >= 0.3 is 0 Å². The van der Waals surface area contributed by atoms with Gasteiger partial charge in [0.15, 0.2) is 0 Å². The van der Waals surface area contributed by atoms with E-state index in [2.05, 4.69) is 5.32 Å². The number of carbonyl (C=O) groups excluding carboxylic acids is 2. The van der Waals surface area contributed by atoms with Crippen LogP contribution in [0.15, 0.2) is 84.9 Å². The molecule has 0 aliphatic heterocycles. The molecule has 2 amide bonds. The molecule has 0 unspecified atom stereocenters. The largest absolute Gasteiger partial charge is 0.395 e. The fourth-order valence-electron chi connectivity index (χ4n) is 3.51. The lowest BCUT2D eigenvalue weighted by molar-refractivity contribution is -0.140. The molecule has 0 spiro atoms. The summed E-state index contributed by atoms with van der Waals surface area (Å²) < 4.78 is 0. The molecule has 3 aromatic carbocycles. The number of rotatable bonds is 10. The summed E-state index contributed by atoms with van der Waals surface area (Å²) in [5.41, 5.74) is 2.71. The number of nitrogens with zero attached hydrogens (tertiary/aromatic N) is 1. The minimum Gasteiger partial charge on any atom is -0.395 e. The third kappa shape index (κ3) is 6.94. The van der Waals surface area contributed by atoms with Gasteiger partial charge in [0.2, 0.25) is 11.8 Å². The molecule has 5 nitrogen and oxygen atoms in total. The number of nitrogens with one attached hydrogen (secondary N) is 1. The van der Waals surface area contributed by atoms with E-state index in [9.17, 15) is 14.7 Å². The summed E-state index contributed by atoms with van der Waals surface area (Å²) in [7, 11) is 0. The molecule has 166 valence electrons. The molecule has 1 atom stereocenters. The number of aliphatic hydroxyl groups is 1. The van der Waals surface area contributed by atoms with Gasteiger partial charge in [-0.1, -0.05) is 84.4 Å². The Kier molecular flexibility index (Phi) is 8.84. The average Bonchev–Trinajstić information content (AvgIpc) is 2.82. The first-order chi connectivity index (χ1) is 15.6. The van der Waals surface area contributed by atoms with Gasteiger partial charge in [0.25, 0.3) is 0 Å². The monoisotopic (exact) mass is 450 g/mol. The molecule has 0 saturated carbocycles. The van der Waals surface area contributed by atoms with Crippen LogP contribution >= 0.6 is 11.6 Å². The molecule has 32 heavy (non-hydrogen) atoms. The molecule has 3 aromatic rings. The topological polar surface area (TPSA) is 69.6 Å². The van der Waals surface area contributed by atoms with Crippen LogP contribution in [0.25, 0.3) is 0 Å². The smallest absolute Gasteiger partial charge is 0.243 e. The lowest BCUT2D eigenvalue weighted by Crippen LogP contribution is -2.51. The van der Waals surface area contributed by atoms with E-state index in [1.165, 1.54) is 0 Å². The van der Waals surface area contributed by atoms with Crippen molar-refractivity contribution in [3.63, 3.8) is 0 Å². The molecule has 0 bridgehead atoms. The number of amides is 2. The number of halogens is 1. The lowest BCUT2D eigenvalue weighted by atomic mass is 10.0. The van der Waals surface area contributed by atoms with E-state index < -0.39 is 6.04 Å². The van der Waals surface area contributed by atoms with Crippen LogP contribution in [0.4, 0.5) is 0 Å². The average molecular weight is 451 g/mol. The molecule has 6 heteroatoms. The first-order valence-electron chi connectivity index (χ1n) is 10.6. The predicted molar refractivity (Wildman–Crippen MR) is 126 cm³/mol. The van der Waals surface area contributed by atoms with Crippen LogP contribution < -0.4 is 5.32 Å². The van der Waals surface area contributed by atoms with Gasteiger partial charge < -0.3 is 15.3 Å². The molecule has 0 aromatic heterocycles. The van der Waals surface area contributed by atoms with Gasteiger partial charge in [-0.2, -0.15) is 0 Å². The van der Waals surface area contributed by atoms with E-state index in [0.717, 1.165) is 16.7 Å². The SMILES string of the molecule is O=C(NCCO)[C@@H](Cc1ccccc1)N(Cc1ccccc1)C(=O)Cc1ccc(Cl)cc1.